The van der Waals surface area contributed by atoms with Gasteiger partial charge in [-0.3, -0.25) is 0 Å². The Balaban J connectivity index is 1.84. The van der Waals surface area contributed by atoms with Gasteiger partial charge in [-0.2, -0.15) is 5.26 Å². The van der Waals surface area contributed by atoms with E-state index in [0.717, 1.165) is 21.0 Å². The van der Waals surface area contributed by atoms with Crippen LogP contribution < -0.4 is 0 Å². The lowest BCUT2D eigenvalue weighted by Gasteiger charge is -2.18. The third kappa shape index (κ3) is 6.04. The highest BCUT2D eigenvalue weighted by Gasteiger charge is 2.22. The molecule has 0 heterocycles. The number of rotatable bonds is 4. The van der Waals surface area contributed by atoms with Gasteiger partial charge in [0.25, 0.3) is 10.0 Å². The minimum absolute atomic E-state index is 0.0999. The molecule has 0 aliphatic carbocycles. The predicted molar refractivity (Wildman–Crippen MR) is 124 cm³/mol. The third-order valence-electron chi connectivity index (χ3n) is 4.37. The number of aryl methyl sites for hydroxylation is 1. The zero-order valence-corrected chi connectivity index (χ0v) is 18.1. The Labute approximate surface area is 189 Å². The van der Waals surface area contributed by atoms with Gasteiger partial charge in [0, 0.05) is 23.4 Å². The molecular formula is C27H18N2O2S. The van der Waals surface area contributed by atoms with E-state index in [1.165, 1.54) is 0 Å². The van der Waals surface area contributed by atoms with Crippen molar-refractivity contribution in [3.8, 4) is 41.7 Å². The van der Waals surface area contributed by atoms with Crippen LogP contribution in [-0.2, 0) is 16.6 Å². The van der Waals surface area contributed by atoms with E-state index in [1.54, 1.807) is 48.5 Å². The fraction of sp³-hybridized carbons (Fsp3) is 0.0741. The van der Waals surface area contributed by atoms with E-state index in [2.05, 4.69) is 35.6 Å². The number of nitrogens with zero attached hydrogens (tertiary/aromatic N) is 2. The second-order valence-corrected chi connectivity index (χ2v) is 8.60. The number of benzene rings is 3. The molecule has 4 nitrogen and oxygen atoms in total. The molecule has 0 aliphatic heterocycles. The molecular weight excluding hydrogens is 416 g/mol. The average Bonchev–Trinajstić information content (AvgIpc) is 2.81. The van der Waals surface area contributed by atoms with Gasteiger partial charge in [-0.05, 0) is 60.7 Å². The van der Waals surface area contributed by atoms with E-state index >= 15 is 0 Å². The van der Waals surface area contributed by atoms with Gasteiger partial charge in [-0.1, -0.05) is 53.9 Å². The van der Waals surface area contributed by atoms with Crippen LogP contribution in [0.15, 0.2) is 83.8 Å². The van der Waals surface area contributed by atoms with Crippen LogP contribution in [0.4, 0.5) is 0 Å². The summed E-state index contributed by atoms with van der Waals surface area (Å²) in [5.74, 6) is 13.3. The summed E-state index contributed by atoms with van der Waals surface area (Å²) in [5, 5.41) is 8.81. The van der Waals surface area contributed by atoms with Crippen molar-refractivity contribution >= 4 is 10.0 Å². The van der Waals surface area contributed by atoms with Crippen molar-refractivity contribution in [1.29, 1.82) is 5.26 Å². The second kappa shape index (κ2) is 10.6. The SMILES string of the molecule is Cc1ccc(S(=O)(=O)N(C#CC#CC#Cc2ccc(C#N)cc2)Cc2ccccc2)cc1. The molecule has 3 aromatic carbocycles. The van der Waals surface area contributed by atoms with Crippen molar-refractivity contribution in [2.24, 2.45) is 0 Å². The minimum Gasteiger partial charge on any atom is -0.219 e. The fourth-order valence-electron chi connectivity index (χ4n) is 2.66. The number of sulfonamides is 1. The highest BCUT2D eigenvalue weighted by Crippen LogP contribution is 2.18. The zero-order chi connectivity index (χ0) is 22.8. The van der Waals surface area contributed by atoms with Gasteiger partial charge in [-0.15, -0.1) is 0 Å². The largest absolute Gasteiger partial charge is 0.271 e. The standard InChI is InChI=1S/C27H18N2O2S/c1-23-12-18-27(19-13-23)32(30,31)29(22-26-10-6-4-7-11-26)20-8-3-2-5-9-24-14-16-25(21-28)17-15-24/h4,6-7,10-19H,22H2,1H3. The van der Waals surface area contributed by atoms with E-state index in [0.29, 0.717) is 5.56 Å². The Morgan fingerprint density at radius 2 is 1.41 bits per heavy atom. The summed E-state index contributed by atoms with van der Waals surface area (Å²) in [5.41, 5.74) is 3.06. The van der Waals surface area contributed by atoms with E-state index in [4.69, 9.17) is 5.26 Å². The van der Waals surface area contributed by atoms with Crippen LogP contribution in [0.2, 0.25) is 0 Å². The van der Waals surface area contributed by atoms with Crippen molar-refractivity contribution in [1.82, 2.24) is 4.31 Å². The molecule has 154 valence electrons. The van der Waals surface area contributed by atoms with Crippen LogP contribution in [-0.4, -0.2) is 12.7 Å². The second-order valence-electron chi connectivity index (χ2n) is 6.74. The first kappa shape index (κ1) is 22.3. The van der Waals surface area contributed by atoms with E-state index in [1.807, 2.05) is 43.3 Å². The van der Waals surface area contributed by atoms with Crippen LogP contribution in [0, 0.1) is 53.9 Å². The Kier molecular flexibility index (Phi) is 7.35. The monoisotopic (exact) mass is 434 g/mol. The summed E-state index contributed by atoms with van der Waals surface area (Å²) in [6, 6.07) is 27.4. The van der Waals surface area contributed by atoms with Crippen molar-refractivity contribution in [3.63, 3.8) is 0 Å². The maximum atomic E-state index is 13.1. The van der Waals surface area contributed by atoms with Gasteiger partial charge in [0.2, 0.25) is 0 Å². The molecule has 0 radical (unpaired) electrons. The van der Waals surface area contributed by atoms with Crippen LogP contribution in [0.5, 0.6) is 0 Å². The lowest BCUT2D eigenvalue weighted by Crippen LogP contribution is -2.26. The first-order chi connectivity index (χ1) is 15.5. The summed E-state index contributed by atoms with van der Waals surface area (Å²) in [6.07, 6.45) is 0. The van der Waals surface area contributed by atoms with Crippen LogP contribution in [0.25, 0.3) is 0 Å². The normalized spacial score (nSPS) is 9.62. The summed E-state index contributed by atoms with van der Waals surface area (Å²) < 4.78 is 27.4. The minimum atomic E-state index is -3.83. The summed E-state index contributed by atoms with van der Waals surface area (Å²) in [6.45, 7) is 2.00. The van der Waals surface area contributed by atoms with Crippen molar-refractivity contribution in [2.75, 3.05) is 0 Å². The molecule has 0 unspecified atom stereocenters. The maximum Gasteiger partial charge on any atom is 0.271 e. The molecule has 0 spiro atoms. The van der Waals surface area contributed by atoms with Gasteiger partial charge in [-0.25, -0.2) is 12.7 Å². The van der Waals surface area contributed by atoms with E-state index < -0.39 is 10.0 Å². The molecule has 0 atom stereocenters. The summed E-state index contributed by atoms with van der Waals surface area (Å²) >= 11 is 0. The van der Waals surface area contributed by atoms with Crippen molar-refractivity contribution in [3.05, 3.63) is 101 Å². The first-order valence-electron chi connectivity index (χ1n) is 9.64. The molecule has 0 aromatic heterocycles. The van der Waals surface area contributed by atoms with Crippen LogP contribution in [0.3, 0.4) is 0 Å². The van der Waals surface area contributed by atoms with Gasteiger partial charge in [0.1, 0.15) is 0 Å². The third-order valence-corrected chi connectivity index (χ3v) is 6.04. The van der Waals surface area contributed by atoms with E-state index in [9.17, 15) is 8.42 Å². The lowest BCUT2D eigenvalue weighted by atomic mass is 10.1. The molecule has 0 N–H and O–H groups in total. The van der Waals surface area contributed by atoms with E-state index in [-0.39, 0.29) is 11.4 Å². The Hall–Kier alpha value is -4.42. The Bertz CT molecular complexity index is 1420. The zero-order valence-electron chi connectivity index (χ0n) is 17.3. The molecule has 3 rings (SSSR count). The molecule has 5 heteroatoms. The van der Waals surface area contributed by atoms with Crippen molar-refractivity contribution < 1.29 is 8.42 Å². The smallest absolute Gasteiger partial charge is 0.219 e. The number of hydrogen-bond acceptors (Lipinski definition) is 3. The highest BCUT2D eigenvalue weighted by atomic mass is 32.2. The molecule has 0 amide bonds. The lowest BCUT2D eigenvalue weighted by molar-refractivity contribution is 0.509. The fourth-order valence-corrected chi connectivity index (χ4v) is 3.87. The van der Waals surface area contributed by atoms with Gasteiger partial charge >= 0.3 is 0 Å². The number of hydrogen-bond donors (Lipinski definition) is 0. The van der Waals surface area contributed by atoms with Gasteiger partial charge in [0.05, 0.1) is 23.1 Å². The van der Waals surface area contributed by atoms with Crippen molar-refractivity contribution in [2.45, 2.75) is 18.4 Å². The van der Waals surface area contributed by atoms with Gasteiger partial charge in [0.15, 0.2) is 0 Å². The predicted octanol–water partition coefficient (Wildman–Crippen LogP) is 4.07. The van der Waals surface area contributed by atoms with Crippen LogP contribution >= 0.6 is 0 Å². The highest BCUT2D eigenvalue weighted by molar-refractivity contribution is 7.89. The molecule has 0 fully saturated rings. The van der Waals surface area contributed by atoms with Crippen LogP contribution in [0.1, 0.15) is 22.3 Å². The summed E-state index contributed by atoms with van der Waals surface area (Å²) in [4.78, 5) is 0.168. The van der Waals surface area contributed by atoms with Gasteiger partial charge < -0.3 is 0 Å². The topological polar surface area (TPSA) is 61.2 Å². The molecule has 0 saturated heterocycles. The first-order valence-corrected chi connectivity index (χ1v) is 11.1. The molecule has 32 heavy (non-hydrogen) atoms. The molecule has 0 saturated carbocycles. The maximum absolute atomic E-state index is 13.1. The molecule has 0 bridgehead atoms. The quantitative estimate of drug-likeness (QED) is 0.459. The Morgan fingerprint density at radius 3 is 2.06 bits per heavy atom. The summed E-state index contributed by atoms with van der Waals surface area (Å²) in [7, 11) is -3.83. The number of nitriles is 1. The average molecular weight is 435 g/mol. The molecule has 0 aliphatic rings. The molecule has 3 aromatic rings. The Morgan fingerprint density at radius 1 is 0.781 bits per heavy atom.